The molecule has 1 heterocycles. The molecular weight excluding hydrogens is 236 g/mol. The van der Waals surface area contributed by atoms with Gasteiger partial charge in [0, 0.05) is 32.3 Å². The number of ether oxygens (including phenoxy) is 1. The monoisotopic (exact) mass is 268 g/mol. The summed E-state index contributed by atoms with van der Waals surface area (Å²) in [6.07, 6.45) is 8.30. The number of nitrogens with zero attached hydrogens (tertiary/aromatic N) is 1. The van der Waals surface area contributed by atoms with Gasteiger partial charge in [-0.25, -0.2) is 0 Å². The third kappa shape index (κ3) is 5.41. The molecule has 2 fully saturated rings. The van der Waals surface area contributed by atoms with Gasteiger partial charge in [0.1, 0.15) is 0 Å². The number of nitrogens with one attached hydrogen (secondary N) is 1. The van der Waals surface area contributed by atoms with Gasteiger partial charge >= 0.3 is 0 Å². The van der Waals surface area contributed by atoms with E-state index in [2.05, 4.69) is 31.1 Å². The Kier molecular flexibility index (Phi) is 5.67. The van der Waals surface area contributed by atoms with Gasteiger partial charge in [0.25, 0.3) is 0 Å². The SMILES string of the molecule is CCC(C)(CNC1CC1)CN(C)CC1CCCCO1. The third-order valence-corrected chi connectivity index (χ3v) is 4.69. The first-order valence-electron chi connectivity index (χ1n) is 8.15. The van der Waals surface area contributed by atoms with Crippen molar-refractivity contribution in [2.45, 2.75) is 64.5 Å². The standard InChI is InChI=1S/C16H32N2O/c1-4-16(2,12-17-14-8-9-14)13-18(3)11-15-7-5-6-10-19-15/h14-15,17H,4-13H2,1-3H3. The molecule has 0 amide bonds. The van der Waals surface area contributed by atoms with Crippen molar-refractivity contribution in [3.63, 3.8) is 0 Å². The number of rotatable bonds is 8. The van der Waals surface area contributed by atoms with Crippen LogP contribution in [0.3, 0.4) is 0 Å². The number of hydrogen-bond acceptors (Lipinski definition) is 3. The Hall–Kier alpha value is -0.120. The fourth-order valence-electron chi connectivity index (χ4n) is 2.99. The summed E-state index contributed by atoms with van der Waals surface area (Å²) in [7, 11) is 2.25. The predicted molar refractivity (Wildman–Crippen MR) is 80.5 cm³/mol. The minimum Gasteiger partial charge on any atom is -0.377 e. The molecule has 2 aliphatic rings. The van der Waals surface area contributed by atoms with Crippen LogP contribution in [0.5, 0.6) is 0 Å². The van der Waals surface area contributed by atoms with Crippen LogP contribution in [0.15, 0.2) is 0 Å². The van der Waals surface area contributed by atoms with Crippen LogP contribution in [0.4, 0.5) is 0 Å². The van der Waals surface area contributed by atoms with Crippen molar-refractivity contribution in [1.29, 1.82) is 0 Å². The molecule has 112 valence electrons. The van der Waals surface area contributed by atoms with Gasteiger partial charge in [0.05, 0.1) is 6.10 Å². The molecule has 1 saturated heterocycles. The molecule has 0 spiro atoms. The zero-order chi connectivity index (χ0) is 13.7. The first-order chi connectivity index (χ1) is 9.11. The maximum atomic E-state index is 5.85. The van der Waals surface area contributed by atoms with Gasteiger partial charge in [-0.3, -0.25) is 0 Å². The van der Waals surface area contributed by atoms with Crippen LogP contribution in [0.25, 0.3) is 0 Å². The lowest BCUT2D eigenvalue weighted by atomic mass is 9.86. The molecule has 3 nitrogen and oxygen atoms in total. The number of hydrogen-bond donors (Lipinski definition) is 1. The van der Waals surface area contributed by atoms with E-state index < -0.39 is 0 Å². The van der Waals surface area contributed by atoms with E-state index >= 15 is 0 Å². The molecule has 1 aliphatic carbocycles. The average Bonchev–Trinajstić information content (AvgIpc) is 3.21. The highest BCUT2D eigenvalue weighted by Gasteiger charge is 2.29. The summed E-state index contributed by atoms with van der Waals surface area (Å²) < 4.78 is 5.85. The molecule has 2 unspecified atom stereocenters. The summed E-state index contributed by atoms with van der Waals surface area (Å²) in [6, 6.07) is 0.817. The molecule has 1 N–H and O–H groups in total. The molecule has 19 heavy (non-hydrogen) atoms. The van der Waals surface area contributed by atoms with E-state index in [1.807, 2.05) is 0 Å². The molecule has 0 aromatic rings. The largest absolute Gasteiger partial charge is 0.377 e. The second kappa shape index (κ2) is 7.05. The molecule has 2 rings (SSSR count). The minimum absolute atomic E-state index is 0.395. The molecule has 0 radical (unpaired) electrons. The minimum atomic E-state index is 0.395. The Balaban J connectivity index is 1.71. The summed E-state index contributed by atoms with van der Waals surface area (Å²) in [6.45, 7) is 9.12. The lowest BCUT2D eigenvalue weighted by Gasteiger charge is -2.35. The Morgan fingerprint density at radius 3 is 2.63 bits per heavy atom. The Morgan fingerprint density at radius 1 is 1.26 bits per heavy atom. The van der Waals surface area contributed by atoms with Crippen molar-refractivity contribution in [3.8, 4) is 0 Å². The summed E-state index contributed by atoms with van der Waals surface area (Å²) in [5, 5.41) is 3.70. The highest BCUT2D eigenvalue weighted by molar-refractivity contribution is 4.86. The predicted octanol–water partition coefficient (Wildman–Crippen LogP) is 2.66. The van der Waals surface area contributed by atoms with E-state index in [1.54, 1.807) is 0 Å². The molecule has 2 atom stereocenters. The van der Waals surface area contributed by atoms with Crippen molar-refractivity contribution in [3.05, 3.63) is 0 Å². The normalized spacial score (nSPS) is 27.5. The van der Waals surface area contributed by atoms with E-state index in [0.717, 1.165) is 25.7 Å². The molecular formula is C16H32N2O. The van der Waals surface area contributed by atoms with E-state index in [4.69, 9.17) is 4.74 Å². The van der Waals surface area contributed by atoms with Crippen molar-refractivity contribution >= 4 is 0 Å². The fourth-order valence-corrected chi connectivity index (χ4v) is 2.99. The highest BCUT2D eigenvalue weighted by Crippen LogP contribution is 2.25. The molecule has 1 saturated carbocycles. The zero-order valence-electron chi connectivity index (χ0n) is 13.1. The van der Waals surface area contributed by atoms with Crippen LogP contribution in [0.2, 0.25) is 0 Å². The smallest absolute Gasteiger partial charge is 0.0701 e. The number of likely N-dealkylation sites (N-methyl/N-ethyl adjacent to an activating group) is 1. The zero-order valence-corrected chi connectivity index (χ0v) is 13.1. The van der Waals surface area contributed by atoms with Gasteiger partial charge in [0.15, 0.2) is 0 Å². The van der Waals surface area contributed by atoms with Gasteiger partial charge in [-0.05, 0) is 51.0 Å². The van der Waals surface area contributed by atoms with Crippen LogP contribution >= 0.6 is 0 Å². The van der Waals surface area contributed by atoms with Crippen molar-refractivity contribution in [2.24, 2.45) is 5.41 Å². The lowest BCUT2D eigenvalue weighted by molar-refractivity contribution is -0.00723. The molecule has 1 aliphatic heterocycles. The topological polar surface area (TPSA) is 24.5 Å². The molecule has 0 aromatic carbocycles. The van der Waals surface area contributed by atoms with Crippen molar-refractivity contribution in [2.75, 3.05) is 33.3 Å². The van der Waals surface area contributed by atoms with E-state index in [1.165, 1.54) is 45.1 Å². The average molecular weight is 268 g/mol. The van der Waals surface area contributed by atoms with Crippen molar-refractivity contribution < 1.29 is 4.74 Å². The van der Waals surface area contributed by atoms with E-state index in [9.17, 15) is 0 Å². The van der Waals surface area contributed by atoms with Gasteiger partial charge in [-0.1, -0.05) is 13.8 Å². The molecule has 0 bridgehead atoms. The summed E-state index contributed by atoms with van der Waals surface area (Å²) in [4.78, 5) is 2.48. The third-order valence-electron chi connectivity index (χ3n) is 4.69. The lowest BCUT2D eigenvalue weighted by Crippen LogP contribution is -2.44. The highest BCUT2D eigenvalue weighted by atomic mass is 16.5. The van der Waals surface area contributed by atoms with Crippen LogP contribution in [-0.2, 0) is 4.74 Å². The summed E-state index contributed by atoms with van der Waals surface area (Å²) in [5.41, 5.74) is 0.395. The molecule has 0 aromatic heterocycles. The quantitative estimate of drug-likeness (QED) is 0.732. The fraction of sp³-hybridized carbons (Fsp3) is 1.00. The van der Waals surface area contributed by atoms with E-state index in [0.29, 0.717) is 11.5 Å². The maximum Gasteiger partial charge on any atom is 0.0701 e. The second-order valence-corrected chi connectivity index (χ2v) is 7.00. The van der Waals surface area contributed by atoms with Gasteiger partial charge < -0.3 is 15.0 Å². The van der Waals surface area contributed by atoms with Gasteiger partial charge in [-0.2, -0.15) is 0 Å². The Morgan fingerprint density at radius 2 is 2.05 bits per heavy atom. The van der Waals surface area contributed by atoms with Crippen LogP contribution in [0, 0.1) is 5.41 Å². The molecule has 3 heteroatoms. The first-order valence-corrected chi connectivity index (χ1v) is 8.15. The van der Waals surface area contributed by atoms with Crippen molar-refractivity contribution in [1.82, 2.24) is 10.2 Å². The van der Waals surface area contributed by atoms with Gasteiger partial charge in [0.2, 0.25) is 0 Å². The Bertz CT molecular complexity index is 261. The maximum absolute atomic E-state index is 5.85. The second-order valence-electron chi connectivity index (χ2n) is 7.00. The van der Waals surface area contributed by atoms with Crippen LogP contribution in [0.1, 0.15) is 52.4 Å². The van der Waals surface area contributed by atoms with Gasteiger partial charge in [-0.15, -0.1) is 0 Å². The first kappa shape index (κ1) is 15.3. The summed E-state index contributed by atoms with van der Waals surface area (Å²) in [5.74, 6) is 0. The summed E-state index contributed by atoms with van der Waals surface area (Å²) >= 11 is 0. The van der Waals surface area contributed by atoms with Crippen LogP contribution < -0.4 is 5.32 Å². The van der Waals surface area contributed by atoms with E-state index in [-0.39, 0.29) is 0 Å². The Labute approximate surface area is 119 Å². The van der Waals surface area contributed by atoms with Crippen LogP contribution in [-0.4, -0.2) is 50.3 Å².